The molecular weight excluding hydrogens is 386 g/mol. The number of carbonyl (C=O) groups excluding carboxylic acids is 4. The number of imide groups is 1. The number of nitrogens with zero attached hydrogens (tertiary/aromatic N) is 3. The molecule has 9 heteroatoms. The highest BCUT2D eigenvalue weighted by Gasteiger charge is 2.40. The maximum atomic E-state index is 13.2. The second-order valence-electron chi connectivity index (χ2n) is 8.15. The number of carbonyl (C=O) groups is 4. The van der Waals surface area contributed by atoms with E-state index in [0.717, 1.165) is 24.2 Å². The van der Waals surface area contributed by atoms with Gasteiger partial charge in [-0.2, -0.15) is 0 Å². The minimum atomic E-state index is -0.623. The summed E-state index contributed by atoms with van der Waals surface area (Å²) in [5.41, 5.74) is 2.34. The van der Waals surface area contributed by atoms with Crippen molar-refractivity contribution in [1.29, 1.82) is 0 Å². The van der Waals surface area contributed by atoms with E-state index in [9.17, 15) is 19.2 Å². The Bertz CT molecular complexity index is 880. The van der Waals surface area contributed by atoms with Crippen molar-refractivity contribution in [2.45, 2.75) is 32.0 Å². The SMILES string of the molecule is CN(CC(=O)N1CCNCC1)Cc1cccc2c1C(=O)N(C1CCC(=O)NC1=O)C2. The second kappa shape index (κ2) is 8.53. The smallest absolute Gasteiger partial charge is 0.255 e. The van der Waals surface area contributed by atoms with E-state index in [-0.39, 0.29) is 30.7 Å². The Morgan fingerprint density at radius 3 is 2.70 bits per heavy atom. The number of rotatable bonds is 5. The lowest BCUT2D eigenvalue weighted by Crippen LogP contribution is -2.52. The Balaban J connectivity index is 1.44. The fourth-order valence-corrected chi connectivity index (χ4v) is 4.41. The van der Waals surface area contributed by atoms with Crippen LogP contribution in [0.25, 0.3) is 0 Å². The molecule has 3 heterocycles. The van der Waals surface area contributed by atoms with Crippen LogP contribution < -0.4 is 10.6 Å². The van der Waals surface area contributed by atoms with Gasteiger partial charge in [-0.05, 0) is 24.6 Å². The van der Waals surface area contributed by atoms with Crippen LogP contribution in [-0.2, 0) is 27.5 Å². The Morgan fingerprint density at radius 2 is 1.97 bits per heavy atom. The first-order valence-corrected chi connectivity index (χ1v) is 10.4. The Morgan fingerprint density at radius 1 is 1.20 bits per heavy atom. The van der Waals surface area contributed by atoms with E-state index in [0.29, 0.717) is 38.2 Å². The van der Waals surface area contributed by atoms with Gasteiger partial charge in [-0.15, -0.1) is 0 Å². The number of hydrogen-bond donors (Lipinski definition) is 2. The number of nitrogens with one attached hydrogen (secondary N) is 2. The van der Waals surface area contributed by atoms with Crippen molar-refractivity contribution in [2.24, 2.45) is 0 Å². The van der Waals surface area contributed by atoms with Gasteiger partial charge < -0.3 is 15.1 Å². The maximum Gasteiger partial charge on any atom is 0.255 e. The predicted molar refractivity (Wildman–Crippen MR) is 108 cm³/mol. The highest BCUT2D eigenvalue weighted by atomic mass is 16.2. The number of piperidine rings is 1. The highest BCUT2D eigenvalue weighted by molar-refractivity contribution is 6.06. The summed E-state index contributed by atoms with van der Waals surface area (Å²) in [6, 6.07) is 5.08. The van der Waals surface area contributed by atoms with Crippen LogP contribution in [0.3, 0.4) is 0 Å². The molecule has 3 aliphatic rings. The molecule has 1 aromatic rings. The average Bonchev–Trinajstić information content (AvgIpc) is 3.06. The number of amides is 4. The number of piperazine rings is 1. The highest BCUT2D eigenvalue weighted by Crippen LogP contribution is 2.30. The number of likely N-dealkylation sites (N-methyl/N-ethyl adjacent to an activating group) is 1. The summed E-state index contributed by atoms with van der Waals surface area (Å²) in [6.07, 6.45) is 0.582. The number of benzene rings is 1. The van der Waals surface area contributed by atoms with Gasteiger partial charge in [0.05, 0.1) is 6.54 Å². The molecule has 0 radical (unpaired) electrons. The molecule has 9 nitrogen and oxygen atoms in total. The molecule has 0 spiro atoms. The van der Waals surface area contributed by atoms with Crippen LogP contribution in [-0.4, -0.2) is 84.1 Å². The molecule has 0 saturated carbocycles. The summed E-state index contributed by atoms with van der Waals surface area (Å²) < 4.78 is 0. The molecule has 3 aliphatic heterocycles. The lowest BCUT2D eigenvalue weighted by molar-refractivity contribution is -0.137. The molecule has 160 valence electrons. The molecule has 2 fully saturated rings. The number of fused-ring (bicyclic) bond motifs is 1. The van der Waals surface area contributed by atoms with Crippen LogP contribution >= 0.6 is 0 Å². The van der Waals surface area contributed by atoms with Crippen molar-refractivity contribution < 1.29 is 19.2 Å². The molecule has 2 saturated heterocycles. The van der Waals surface area contributed by atoms with Crippen LogP contribution in [0.15, 0.2) is 18.2 Å². The first kappa shape index (κ1) is 20.5. The van der Waals surface area contributed by atoms with Gasteiger partial charge in [-0.1, -0.05) is 18.2 Å². The van der Waals surface area contributed by atoms with E-state index in [1.807, 2.05) is 35.0 Å². The maximum absolute atomic E-state index is 13.2. The van der Waals surface area contributed by atoms with Crippen LogP contribution in [0.5, 0.6) is 0 Å². The van der Waals surface area contributed by atoms with Crippen molar-refractivity contribution >= 4 is 23.6 Å². The molecule has 0 aliphatic carbocycles. The fourth-order valence-electron chi connectivity index (χ4n) is 4.41. The zero-order valence-corrected chi connectivity index (χ0v) is 17.1. The van der Waals surface area contributed by atoms with Crippen LogP contribution in [0.4, 0.5) is 0 Å². The van der Waals surface area contributed by atoms with Crippen LogP contribution in [0, 0.1) is 0 Å². The summed E-state index contributed by atoms with van der Waals surface area (Å²) in [4.78, 5) is 54.7. The first-order chi connectivity index (χ1) is 14.4. The standard InChI is InChI=1S/C21H27N5O4/c1-24(13-18(28)25-9-7-22-8-10-25)11-14-3-2-4-15-12-26(21(30)19(14)15)16-5-6-17(27)23-20(16)29/h2-4,16,22H,5-13H2,1H3,(H,23,27,29). The Kier molecular flexibility index (Phi) is 5.83. The van der Waals surface area contributed by atoms with Gasteiger partial charge in [0.2, 0.25) is 17.7 Å². The summed E-state index contributed by atoms with van der Waals surface area (Å²) in [5.74, 6) is -0.801. The molecule has 4 rings (SSSR count). The molecular formula is C21H27N5O4. The van der Waals surface area contributed by atoms with Gasteiger partial charge in [-0.3, -0.25) is 29.4 Å². The second-order valence-corrected chi connectivity index (χ2v) is 8.15. The molecule has 2 N–H and O–H groups in total. The molecule has 30 heavy (non-hydrogen) atoms. The van der Waals surface area contributed by atoms with E-state index in [2.05, 4.69) is 10.6 Å². The molecule has 4 amide bonds. The minimum absolute atomic E-state index is 0.0862. The van der Waals surface area contributed by atoms with Crippen molar-refractivity contribution in [3.63, 3.8) is 0 Å². The topological polar surface area (TPSA) is 102 Å². The van der Waals surface area contributed by atoms with Gasteiger partial charge in [0.15, 0.2) is 0 Å². The molecule has 1 atom stereocenters. The molecule has 1 aromatic carbocycles. The Hall–Kier alpha value is -2.78. The normalized spacial score (nSPS) is 21.8. The lowest BCUT2D eigenvalue weighted by atomic mass is 10.0. The van der Waals surface area contributed by atoms with Gasteiger partial charge in [0.25, 0.3) is 5.91 Å². The van der Waals surface area contributed by atoms with Crippen molar-refractivity contribution in [3.05, 3.63) is 34.9 Å². The van der Waals surface area contributed by atoms with E-state index < -0.39 is 11.9 Å². The van der Waals surface area contributed by atoms with Crippen molar-refractivity contribution in [1.82, 2.24) is 25.3 Å². The van der Waals surface area contributed by atoms with Crippen LogP contribution in [0.2, 0.25) is 0 Å². The molecule has 0 bridgehead atoms. The van der Waals surface area contributed by atoms with Crippen molar-refractivity contribution in [3.8, 4) is 0 Å². The third-order valence-corrected chi connectivity index (χ3v) is 5.95. The third kappa shape index (κ3) is 4.08. The van der Waals surface area contributed by atoms with E-state index >= 15 is 0 Å². The van der Waals surface area contributed by atoms with Crippen LogP contribution in [0.1, 0.15) is 34.3 Å². The van der Waals surface area contributed by atoms with E-state index in [1.54, 1.807) is 4.90 Å². The summed E-state index contributed by atoms with van der Waals surface area (Å²) in [6.45, 7) is 4.17. The zero-order valence-electron chi connectivity index (χ0n) is 17.1. The lowest BCUT2D eigenvalue weighted by Gasteiger charge is -2.30. The molecule has 1 unspecified atom stereocenters. The van der Waals surface area contributed by atoms with Gasteiger partial charge in [0, 0.05) is 51.3 Å². The minimum Gasteiger partial charge on any atom is -0.339 e. The van der Waals surface area contributed by atoms with Gasteiger partial charge in [0.1, 0.15) is 6.04 Å². The quantitative estimate of drug-likeness (QED) is 0.620. The fraction of sp³-hybridized carbons (Fsp3) is 0.524. The molecule has 0 aromatic heterocycles. The summed E-state index contributed by atoms with van der Waals surface area (Å²) in [7, 11) is 1.87. The predicted octanol–water partition coefficient (Wildman–Crippen LogP) is -0.689. The third-order valence-electron chi connectivity index (χ3n) is 5.95. The largest absolute Gasteiger partial charge is 0.339 e. The number of hydrogen-bond acceptors (Lipinski definition) is 6. The zero-order chi connectivity index (χ0) is 21.3. The first-order valence-electron chi connectivity index (χ1n) is 10.4. The van der Waals surface area contributed by atoms with Crippen molar-refractivity contribution in [2.75, 3.05) is 39.8 Å². The van der Waals surface area contributed by atoms with E-state index in [4.69, 9.17) is 0 Å². The summed E-state index contributed by atoms with van der Waals surface area (Å²) >= 11 is 0. The Labute approximate surface area is 175 Å². The monoisotopic (exact) mass is 413 g/mol. The van der Waals surface area contributed by atoms with Gasteiger partial charge in [-0.25, -0.2) is 0 Å². The summed E-state index contributed by atoms with van der Waals surface area (Å²) in [5, 5.41) is 5.56. The van der Waals surface area contributed by atoms with Gasteiger partial charge >= 0.3 is 0 Å². The van der Waals surface area contributed by atoms with E-state index in [1.165, 1.54) is 0 Å². The average molecular weight is 413 g/mol.